The first-order chi connectivity index (χ1) is 10.1. The molecule has 1 saturated heterocycles. The first-order valence-electron chi connectivity index (χ1n) is 7.14. The van der Waals surface area contributed by atoms with Gasteiger partial charge in [0.15, 0.2) is 0 Å². The lowest BCUT2D eigenvalue weighted by Crippen LogP contribution is -2.40. The fourth-order valence-corrected chi connectivity index (χ4v) is 3.34. The van der Waals surface area contributed by atoms with E-state index < -0.39 is 11.7 Å². The van der Waals surface area contributed by atoms with Crippen LogP contribution in [0.3, 0.4) is 0 Å². The van der Waals surface area contributed by atoms with Gasteiger partial charge in [-0.05, 0) is 44.9 Å². The van der Waals surface area contributed by atoms with E-state index in [0.717, 1.165) is 12.0 Å². The highest BCUT2D eigenvalue weighted by atomic mass is 35.5. The monoisotopic (exact) mass is 341 g/mol. The Hall–Kier alpha value is -1.26. The fourth-order valence-electron chi connectivity index (χ4n) is 3.04. The van der Waals surface area contributed by atoms with Gasteiger partial charge in [-0.15, -0.1) is 0 Å². The van der Waals surface area contributed by atoms with Crippen LogP contribution in [0.25, 0.3) is 0 Å². The second-order valence-corrected chi connectivity index (χ2v) is 7.76. The molecule has 1 aromatic carbocycles. The lowest BCUT2D eigenvalue weighted by atomic mass is 9.95. The van der Waals surface area contributed by atoms with Crippen LogP contribution >= 0.6 is 23.2 Å². The molecule has 0 bridgehead atoms. The van der Waals surface area contributed by atoms with E-state index in [2.05, 4.69) is 0 Å². The maximum atomic E-state index is 12.4. The van der Waals surface area contributed by atoms with Crippen LogP contribution in [-0.2, 0) is 14.9 Å². The van der Waals surface area contributed by atoms with Gasteiger partial charge in [-0.2, -0.15) is 0 Å². The van der Waals surface area contributed by atoms with Gasteiger partial charge in [0, 0.05) is 12.0 Å². The minimum absolute atomic E-state index is 0.166. The first kappa shape index (κ1) is 15.6. The van der Waals surface area contributed by atoms with Crippen molar-refractivity contribution in [2.75, 3.05) is 6.54 Å². The zero-order valence-corrected chi connectivity index (χ0v) is 14.2. The van der Waals surface area contributed by atoms with Crippen molar-refractivity contribution in [3.63, 3.8) is 0 Å². The molecule has 3 rings (SSSR count). The zero-order valence-electron chi connectivity index (χ0n) is 12.7. The number of hydrogen-bond donors (Lipinski definition) is 0. The van der Waals surface area contributed by atoms with Gasteiger partial charge < -0.3 is 4.74 Å². The van der Waals surface area contributed by atoms with Crippen molar-refractivity contribution in [2.24, 2.45) is 5.92 Å². The molecular formula is C16H17Cl2NO3. The lowest BCUT2D eigenvalue weighted by molar-refractivity contribution is -0.129. The van der Waals surface area contributed by atoms with Gasteiger partial charge in [0.25, 0.3) is 0 Å². The molecule has 1 heterocycles. The van der Waals surface area contributed by atoms with Crippen LogP contribution < -0.4 is 0 Å². The van der Waals surface area contributed by atoms with Crippen molar-refractivity contribution in [3.05, 3.63) is 33.8 Å². The Labute approximate surface area is 139 Å². The number of rotatable bonds is 1. The summed E-state index contributed by atoms with van der Waals surface area (Å²) >= 11 is 12.0. The van der Waals surface area contributed by atoms with E-state index in [9.17, 15) is 9.59 Å². The summed E-state index contributed by atoms with van der Waals surface area (Å²) in [5.74, 6) is -0.336. The summed E-state index contributed by atoms with van der Waals surface area (Å²) < 4.78 is 5.30. The Morgan fingerprint density at radius 3 is 2.59 bits per heavy atom. The number of piperidine rings is 1. The van der Waals surface area contributed by atoms with Crippen LogP contribution in [0.15, 0.2) is 18.2 Å². The minimum Gasteiger partial charge on any atom is -0.443 e. The molecule has 0 N–H and O–H groups in total. The van der Waals surface area contributed by atoms with Gasteiger partial charge in [-0.3, -0.25) is 4.79 Å². The van der Waals surface area contributed by atoms with Gasteiger partial charge >= 0.3 is 6.09 Å². The maximum Gasteiger partial charge on any atom is 0.417 e. The van der Waals surface area contributed by atoms with E-state index in [1.165, 1.54) is 4.90 Å². The third-order valence-electron chi connectivity index (χ3n) is 4.19. The highest BCUT2D eigenvalue weighted by molar-refractivity contribution is 6.42. The summed E-state index contributed by atoms with van der Waals surface area (Å²) in [4.78, 5) is 25.7. The molecule has 2 fully saturated rings. The molecule has 1 aliphatic carbocycles. The molecule has 1 unspecified atom stereocenters. The molecule has 1 aromatic rings. The van der Waals surface area contributed by atoms with Gasteiger partial charge in [0.1, 0.15) is 5.60 Å². The Morgan fingerprint density at radius 1 is 1.32 bits per heavy atom. The number of ether oxygens (including phenoxy) is 1. The molecule has 1 aliphatic heterocycles. The number of imide groups is 1. The number of carbonyl (C=O) groups is 2. The molecule has 4 nitrogen and oxygen atoms in total. The summed E-state index contributed by atoms with van der Waals surface area (Å²) in [6, 6.07) is 5.39. The molecule has 2 atom stereocenters. The average molecular weight is 342 g/mol. The van der Waals surface area contributed by atoms with Crippen molar-refractivity contribution in [1.29, 1.82) is 0 Å². The fraction of sp³-hybridized carbons (Fsp3) is 0.500. The molecule has 0 aromatic heterocycles. The number of fused-ring (bicyclic) bond motifs is 1. The zero-order chi connectivity index (χ0) is 16.3. The predicted octanol–water partition coefficient (Wildman–Crippen LogP) is 4.03. The Morgan fingerprint density at radius 2 is 2.00 bits per heavy atom. The summed E-state index contributed by atoms with van der Waals surface area (Å²) in [6.45, 7) is 5.67. The van der Waals surface area contributed by atoms with Crippen LogP contribution in [0.1, 0.15) is 32.8 Å². The SMILES string of the molecule is CC(C)(C)OC(=O)N1C[C@]2(c3ccc(Cl)c(Cl)c3)CC2C1=O. The van der Waals surface area contributed by atoms with E-state index >= 15 is 0 Å². The van der Waals surface area contributed by atoms with Gasteiger partial charge in [0.05, 0.1) is 16.0 Å². The average Bonchev–Trinajstić information content (AvgIpc) is 3.05. The quantitative estimate of drug-likeness (QED) is 0.774. The van der Waals surface area contributed by atoms with Crippen molar-refractivity contribution in [2.45, 2.75) is 38.2 Å². The maximum absolute atomic E-state index is 12.4. The minimum atomic E-state index is -0.624. The Kier molecular flexibility index (Phi) is 3.46. The highest BCUT2D eigenvalue weighted by Crippen LogP contribution is 2.60. The third kappa shape index (κ3) is 2.48. The first-order valence-corrected chi connectivity index (χ1v) is 7.89. The summed E-state index contributed by atoms with van der Waals surface area (Å²) in [6.07, 6.45) is 0.160. The van der Waals surface area contributed by atoms with E-state index in [4.69, 9.17) is 27.9 Å². The second-order valence-electron chi connectivity index (χ2n) is 6.95. The third-order valence-corrected chi connectivity index (χ3v) is 4.93. The second kappa shape index (κ2) is 4.87. The van der Waals surface area contributed by atoms with Crippen LogP contribution in [-0.4, -0.2) is 29.0 Å². The van der Waals surface area contributed by atoms with E-state index in [0.29, 0.717) is 16.6 Å². The Bertz CT molecular complexity index is 668. The number of benzene rings is 1. The number of nitrogens with zero attached hydrogens (tertiary/aromatic N) is 1. The standard InChI is InChI=1S/C16H17Cl2NO3/c1-15(2,3)22-14(21)19-8-16(7-10(16)13(19)20)9-4-5-11(17)12(18)6-9/h4-6,10H,7-8H2,1-3H3/t10?,16-/m0/s1. The smallest absolute Gasteiger partial charge is 0.417 e. The van der Waals surface area contributed by atoms with Crippen molar-refractivity contribution < 1.29 is 14.3 Å². The normalized spacial score (nSPS) is 26.9. The highest BCUT2D eigenvalue weighted by Gasteiger charge is 2.67. The number of amides is 2. The molecule has 118 valence electrons. The number of halogens is 2. The van der Waals surface area contributed by atoms with E-state index in [1.54, 1.807) is 32.9 Å². The molecular weight excluding hydrogens is 325 g/mol. The van der Waals surface area contributed by atoms with Gasteiger partial charge in [-0.1, -0.05) is 29.3 Å². The molecule has 6 heteroatoms. The summed E-state index contributed by atoms with van der Waals surface area (Å²) in [5, 5.41) is 0.940. The van der Waals surface area contributed by atoms with Crippen molar-refractivity contribution >= 4 is 35.2 Å². The Balaban J connectivity index is 1.83. The predicted molar refractivity (Wildman–Crippen MR) is 84.2 cm³/mol. The number of likely N-dealkylation sites (tertiary alicyclic amines) is 1. The molecule has 0 radical (unpaired) electrons. The molecule has 2 amide bonds. The lowest BCUT2D eigenvalue weighted by Gasteiger charge is -2.25. The van der Waals surface area contributed by atoms with E-state index in [-0.39, 0.29) is 17.2 Å². The number of carbonyl (C=O) groups excluding carboxylic acids is 2. The largest absolute Gasteiger partial charge is 0.443 e. The van der Waals surface area contributed by atoms with Crippen LogP contribution in [0, 0.1) is 5.92 Å². The van der Waals surface area contributed by atoms with Crippen molar-refractivity contribution in [3.8, 4) is 0 Å². The summed E-state index contributed by atoms with van der Waals surface area (Å²) in [5.41, 5.74) is -0.00497. The van der Waals surface area contributed by atoms with Crippen LogP contribution in [0.2, 0.25) is 10.0 Å². The van der Waals surface area contributed by atoms with E-state index in [1.807, 2.05) is 6.07 Å². The van der Waals surface area contributed by atoms with Crippen LogP contribution in [0.5, 0.6) is 0 Å². The summed E-state index contributed by atoms with van der Waals surface area (Å²) in [7, 11) is 0. The van der Waals surface area contributed by atoms with Gasteiger partial charge in [-0.25, -0.2) is 9.69 Å². The molecule has 0 spiro atoms. The topological polar surface area (TPSA) is 46.6 Å². The van der Waals surface area contributed by atoms with Crippen LogP contribution in [0.4, 0.5) is 4.79 Å². The van der Waals surface area contributed by atoms with Crippen molar-refractivity contribution in [1.82, 2.24) is 4.90 Å². The number of hydrogen-bond acceptors (Lipinski definition) is 3. The van der Waals surface area contributed by atoms with Gasteiger partial charge in [0.2, 0.25) is 5.91 Å². The molecule has 22 heavy (non-hydrogen) atoms. The molecule has 1 saturated carbocycles. The molecule has 2 aliphatic rings.